The lowest BCUT2D eigenvalue weighted by atomic mass is 10.1. The van der Waals surface area contributed by atoms with Crippen molar-refractivity contribution < 1.29 is 13.9 Å². The van der Waals surface area contributed by atoms with Gasteiger partial charge in [0.15, 0.2) is 23.1 Å². The van der Waals surface area contributed by atoms with E-state index in [4.69, 9.17) is 9.47 Å². The van der Waals surface area contributed by atoms with Crippen LogP contribution in [-0.4, -0.2) is 31.2 Å². The van der Waals surface area contributed by atoms with Gasteiger partial charge in [0.25, 0.3) is 0 Å². The first-order valence-electron chi connectivity index (χ1n) is 6.50. The number of aromatic nitrogens is 2. The minimum atomic E-state index is -0.423. The fourth-order valence-corrected chi connectivity index (χ4v) is 2.04. The summed E-state index contributed by atoms with van der Waals surface area (Å²) < 4.78 is 24.2. The van der Waals surface area contributed by atoms with Crippen LogP contribution in [0.3, 0.4) is 0 Å². The van der Waals surface area contributed by atoms with Gasteiger partial charge in [-0.05, 0) is 24.6 Å². The Morgan fingerprint density at radius 3 is 2.48 bits per heavy atom. The van der Waals surface area contributed by atoms with Crippen molar-refractivity contribution in [3.05, 3.63) is 41.1 Å². The predicted molar refractivity (Wildman–Crippen MR) is 78.6 cm³/mol. The van der Waals surface area contributed by atoms with Crippen LogP contribution in [-0.2, 0) is 6.42 Å². The lowest BCUT2D eigenvalue weighted by Crippen LogP contribution is -2.06. The SMILES string of the molecule is CNc1nc(Cc2ccc(OC)c(OC)c2)nc(C)c1F. The van der Waals surface area contributed by atoms with E-state index in [-0.39, 0.29) is 5.82 Å². The van der Waals surface area contributed by atoms with Gasteiger partial charge >= 0.3 is 0 Å². The molecule has 0 bridgehead atoms. The van der Waals surface area contributed by atoms with Crippen LogP contribution in [0.2, 0.25) is 0 Å². The van der Waals surface area contributed by atoms with Gasteiger partial charge in [-0.25, -0.2) is 14.4 Å². The third-order valence-electron chi connectivity index (χ3n) is 3.11. The van der Waals surface area contributed by atoms with Gasteiger partial charge in [-0.2, -0.15) is 0 Å². The third kappa shape index (κ3) is 3.21. The molecule has 0 aliphatic rings. The fraction of sp³-hybridized carbons (Fsp3) is 0.333. The molecule has 2 aromatic rings. The number of benzene rings is 1. The topological polar surface area (TPSA) is 56.3 Å². The molecule has 0 saturated carbocycles. The molecule has 1 aromatic carbocycles. The van der Waals surface area contributed by atoms with E-state index in [0.717, 1.165) is 5.56 Å². The molecule has 112 valence electrons. The van der Waals surface area contributed by atoms with E-state index in [2.05, 4.69) is 15.3 Å². The van der Waals surface area contributed by atoms with Crippen molar-refractivity contribution in [3.63, 3.8) is 0 Å². The Morgan fingerprint density at radius 1 is 1.14 bits per heavy atom. The lowest BCUT2D eigenvalue weighted by Gasteiger charge is -2.10. The molecule has 0 spiro atoms. The van der Waals surface area contributed by atoms with Crippen LogP contribution in [0.25, 0.3) is 0 Å². The summed E-state index contributed by atoms with van der Waals surface area (Å²) in [6.45, 7) is 1.62. The first-order valence-corrected chi connectivity index (χ1v) is 6.50. The van der Waals surface area contributed by atoms with Crippen LogP contribution in [0, 0.1) is 12.7 Å². The Labute approximate surface area is 123 Å². The number of hydrogen-bond donors (Lipinski definition) is 1. The van der Waals surface area contributed by atoms with E-state index in [0.29, 0.717) is 29.4 Å². The first-order chi connectivity index (χ1) is 10.1. The molecule has 0 radical (unpaired) electrons. The van der Waals surface area contributed by atoms with Crippen molar-refractivity contribution in [2.24, 2.45) is 0 Å². The van der Waals surface area contributed by atoms with Crippen molar-refractivity contribution in [3.8, 4) is 11.5 Å². The Bertz CT molecular complexity index is 647. The minimum Gasteiger partial charge on any atom is -0.493 e. The third-order valence-corrected chi connectivity index (χ3v) is 3.11. The molecule has 1 heterocycles. The summed E-state index contributed by atoms with van der Waals surface area (Å²) in [5.74, 6) is 1.63. The van der Waals surface area contributed by atoms with Crippen molar-refractivity contribution >= 4 is 5.82 Å². The van der Waals surface area contributed by atoms with Gasteiger partial charge in [0.05, 0.1) is 19.9 Å². The number of rotatable bonds is 5. The van der Waals surface area contributed by atoms with Gasteiger partial charge in [0.2, 0.25) is 0 Å². The van der Waals surface area contributed by atoms with E-state index >= 15 is 0 Å². The number of nitrogens with zero attached hydrogens (tertiary/aromatic N) is 2. The molecule has 1 N–H and O–H groups in total. The first kappa shape index (κ1) is 15.0. The molecule has 1 aromatic heterocycles. The van der Waals surface area contributed by atoms with Gasteiger partial charge < -0.3 is 14.8 Å². The van der Waals surface area contributed by atoms with Crippen LogP contribution in [0.5, 0.6) is 11.5 Å². The van der Waals surface area contributed by atoms with E-state index in [9.17, 15) is 4.39 Å². The second-order valence-electron chi connectivity index (χ2n) is 4.50. The molecular weight excluding hydrogens is 273 g/mol. The number of ether oxygens (including phenoxy) is 2. The molecule has 0 saturated heterocycles. The molecule has 6 heteroatoms. The molecule has 21 heavy (non-hydrogen) atoms. The molecular formula is C15H18FN3O2. The van der Waals surface area contributed by atoms with E-state index < -0.39 is 5.82 Å². The Kier molecular flexibility index (Phi) is 4.57. The van der Waals surface area contributed by atoms with E-state index in [1.807, 2.05) is 18.2 Å². The molecule has 0 fully saturated rings. The zero-order valence-corrected chi connectivity index (χ0v) is 12.5. The number of hydrogen-bond acceptors (Lipinski definition) is 5. The summed E-state index contributed by atoms with van der Waals surface area (Å²) >= 11 is 0. The normalized spacial score (nSPS) is 10.3. The Hall–Kier alpha value is -2.37. The quantitative estimate of drug-likeness (QED) is 0.917. The average Bonchev–Trinajstić information content (AvgIpc) is 2.50. The molecule has 0 aliphatic heterocycles. The van der Waals surface area contributed by atoms with Gasteiger partial charge in [-0.3, -0.25) is 0 Å². The summed E-state index contributed by atoms with van der Waals surface area (Å²) in [7, 11) is 4.80. The van der Waals surface area contributed by atoms with Gasteiger partial charge in [-0.1, -0.05) is 6.07 Å². The van der Waals surface area contributed by atoms with Gasteiger partial charge in [0.1, 0.15) is 5.82 Å². The molecule has 0 aliphatic carbocycles. The standard InChI is InChI=1S/C15H18FN3O2/c1-9-14(16)15(17-2)19-13(18-9)8-10-5-6-11(20-3)12(7-10)21-4/h5-7H,8H2,1-4H3,(H,17,18,19). The van der Waals surface area contributed by atoms with Crippen molar-refractivity contribution in [1.82, 2.24) is 9.97 Å². The Balaban J connectivity index is 2.32. The summed E-state index contributed by atoms with van der Waals surface area (Å²) in [4.78, 5) is 8.35. The van der Waals surface area contributed by atoms with Crippen molar-refractivity contribution in [2.45, 2.75) is 13.3 Å². The van der Waals surface area contributed by atoms with Crippen LogP contribution < -0.4 is 14.8 Å². The van der Waals surface area contributed by atoms with Gasteiger partial charge in [0, 0.05) is 13.5 Å². The van der Waals surface area contributed by atoms with Crippen LogP contribution in [0.1, 0.15) is 17.1 Å². The summed E-state index contributed by atoms with van der Waals surface area (Å²) in [6.07, 6.45) is 0.482. The zero-order valence-electron chi connectivity index (χ0n) is 12.5. The number of methoxy groups -OCH3 is 2. The minimum absolute atomic E-state index is 0.206. The number of anilines is 1. The monoisotopic (exact) mass is 291 g/mol. The second kappa shape index (κ2) is 6.39. The van der Waals surface area contributed by atoms with Gasteiger partial charge in [-0.15, -0.1) is 0 Å². The summed E-state index contributed by atoms with van der Waals surface area (Å²) in [5, 5.41) is 2.73. The van der Waals surface area contributed by atoms with Crippen molar-refractivity contribution in [2.75, 3.05) is 26.6 Å². The van der Waals surface area contributed by atoms with E-state index in [1.54, 1.807) is 28.2 Å². The maximum Gasteiger partial charge on any atom is 0.186 e. The van der Waals surface area contributed by atoms with E-state index in [1.165, 1.54) is 0 Å². The summed E-state index contributed by atoms with van der Waals surface area (Å²) in [5.41, 5.74) is 1.28. The molecule has 5 nitrogen and oxygen atoms in total. The maximum atomic E-state index is 13.7. The predicted octanol–water partition coefficient (Wildman–Crippen LogP) is 2.57. The largest absolute Gasteiger partial charge is 0.493 e. The van der Waals surface area contributed by atoms with Crippen LogP contribution in [0.4, 0.5) is 10.2 Å². The smallest absolute Gasteiger partial charge is 0.186 e. The molecule has 0 amide bonds. The number of aryl methyl sites for hydroxylation is 1. The second-order valence-corrected chi connectivity index (χ2v) is 4.50. The van der Waals surface area contributed by atoms with Crippen LogP contribution in [0.15, 0.2) is 18.2 Å². The highest BCUT2D eigenvalue weighted by atomic mass is 19.1. The molecule has 0 unspecified atom stereocenters. The Morgan fingerprint density at radius 2 is 1.86 bits per heavy atom. The van der Waals surface area contributed by atoms with Crippen molar-refractivity contribution in [1.29, 1.82) is 0 Å². The zero-order chi connectivity index (χ0) is 15.4. The highest BCUT2D eigenvalue weighted by Gasteiger charge is 2.12. The number of halogens is 1. The maximum absolute atomic E-state index is 13.7. The average molecular weight is 291 g/mol. The number of nitrogens with one attached hydrogen (secondary N) is 1. The lowest BCUT2D eigenvalue weighted by molar-refractivity contribution is 0.354. The highest BCUT2D eigenvalue weighted by Crippen LogP contribution is 2.28. The molecule has 0 atom stereocenters. The molecule has 2 rings (SSSR count). The highest BCUT2D eigenvalue weighted by molar-refractivity contribution is 5.44. The van der Waals surface area contributed by atoms with Crippen LogP contribution >= 0.6 is 0 Å². The fourth-order valence-electron chi connectivity index (χ4n) is 2.04. The summed E-state index contributed by atoms with van der Waals surface area (Å²) in [6, 6.07) is 5.59.